The molecule has 1 aliphatic carbocycles. The first kappa shape index (κ1) is 18.3. The summed E-state index contributed by atoms with van der Waals surface area (Å²) in [6, 6.07) is 5.82. The van der Waals surface area contributed by atoms with Crippen LogP contribution in [0.2, 0.25) is 0 Å². The number of aromatic nitrogens is 3. The molecular formula is C21H25N5O3. The highest BCUT2D eigenvalue weighted by atomic mass is 16.2. The van der Waals surface area contributed by atoms with Gasteiger partial charge in [0.1, 0.15) is 12.4 Å². The summed E-state index contributed by atoms with van der Waals surface area (Å²) in [5.41, 5.74) is 0.827. The maximum Gasteiger partial charge on any atom is 0.242 e. The molecule has 2 aromatic rings. The molecule has 0 spiro atoms. The molecule has 152 valence electrons. The van der Waals surface area contributed by atoms with Crippen molar-refractivity contribution in [2.75, 3.05) is 19.6 Å². The molecule has 2 saturated heterocycles. The van der Waals surface area contributed by atoms with Gasteiger partial charge in [0, 0.05) is 25.2 Å². The molecule has 2 aromatic heterocycles. The van der Waals surface area contributed by atoms with Gasteiger partial charge in [-0.15, -0.1) is 10.2 Å². The number of likely N-dealkylation sites (tertiary alicyclic amines) is 2. The van der Waals surface area contributed by atoms with E-state index in [1.54, 1.807) is 4.90 Å². The van der Waals surface area contributed by atoms with E-state index < -0.39 is 0 Å². The molecule has 0 bridgehead atoms. The van der Waals surface area contributed by atoms with Crippen molar-refractivity contribution in [3.05, 3.63) is 30.2 Å². The van der Waals surface area contributed by atoms with Crippen LogP contribution in [0.1, 0.15) is 50.3 Å². The second kappa shape index (κ2) is 7.24. The third kappa shape index (κ3) is 3.10. The summed E-state index contributed by atoms with van der Waals surface area (Å²) >= 11 is 0. The van der Waals surface area contributed by atoms with Crippen LogP contribution in [0, 0.1) is 11.8 Å². The van der Waals surface area contributed by atoms with Gasteiger partial charge in [-0.05, 0) is 37.8 Å². The zero-order valence-corrected chi connectivity index (χ0v) is 16.4. The number of amides is 3. The summed E-state index contributed by atoms with van der Waals surface area (Å²) in [4.78, 5) is 41.0. The molecule has 1 saturated carbocycles. The van der Waals surface area contributed by atoms with Crippen LogP contribution in [0.3, 0.4) is 0 Å². The highest BCUT2D eigenvalue weighted by molar-refractivity contribution is 6.07. The van der Waals surface area contributed by atoms with Crippen molar-refractivity contribution in [2.24, 2.45) is 11.8 Å². The molecule has 0 radical (unpaired) electrons. The van der Waals surface area contributed by atoms with Crippen LogP contribution < -0.4 is 0 Å². The normalized spacial score (nSPS) is 25.7. The van der Waals surface area contributed by atoms with Crippen LogP contribution in [0.5, 0.6) is 0 Å². The van der Waals surface area contributed by atoms with Crippen LogP contribution in [-0.4, -0.2) is 61.8 Å². The standard InChI is InChI=1S/C21H25N5O3/c27-18(13-26-20(28)15-5-1-2-6-16(15)21(26)29)24-11-8-14(9-12-24)19-23-22-17-7-3-4-10-25(17)19/h3-4,7,10,14-16H,1-2,5-6,8-9,11-13H2/t15-,16+. The Morgan fingerprint density at radius 2 is 1.66 bits per heavy atom. The van der Waals surface area contributed by atoms with Crippen molar-refractivity contribution in [3.8, 4) is 0 Å². The van der Waals surface area contributed by atoms with Gasteiger partial charge >= 0.3 is 0 Å². The molecule has 0 N–H and O–H groups in total. The SMILES string of the molecule is O=C(CN1C(=O)[C@H]2CCCC[C@H]2C1=O)N1CCC(c2nnc3ccccn23)CC1. The molecular weight excluding hydrogens is 370 g/mol. The van der Waals surface area contributed by atoms with Crippen molar-refractivity contribution in [3.63, 3.8) is 0 Å². The van der Waals surface area contributed by atoms with Gasteiger partial charge in [0.2, 0.25) is 17.7 Å². The van der Waals surface area contributed by atoms with Gasteiger partial charge in [0.25, 0.3) is 0 Å². The quantitative estimate of drug-likeness (QED) is 0.737. The predicted molar refractivity (Wildman–Crippen MR) is 104 cm³/mol. The lowest BCUT2D eigenvalue weighted by Gasteiger charge is -2.32. The molecule has 8 heteroatoms. The largest absolute Gasteiger partial charge is 0.341 e. The summed E-state index contributed by atoms with van der Waals surface area (Å²) in [5.74, 6) is 0.369. The van der Waals surface area contributed by atoms with Crippen molar-refractivity contribution in [1.82, 2.24) is 24.4 Å². The van der Waals surface area contributed by atoms with Crippen molar-refractivity contribution in [1.29, 1.82) is 0 Å². The number of carbonyl (C=O) groups excluding carboxylic acids is 3. The predicted octanol–water partition coefficient (Wildman–Crippen LogP) is 1.61. The third-order valence-corrected chi connectivity index (χ3v) is 6.78. The van der Waals surface area contributed by atoms with Crippen LogP contribution in [0.4, 0.5) is 0 Å². The molecule has 3 fully saturated rings. The maximum absolute atomic E-state index is 12.8. The average molecular weight is 395 g/mol. The van der Waals surface area contributed by atoms with E-state index in [4.69, 9.17) is 0 Å². The molecule has 3 aliphatic rings. The maximum atomic E-state index is 12.8. The van der Waals surface area contributed by atoms with E-state index in [1.807, 2.05) is 28.8 Å². The minimum Gasteiger partial charge on any atom is -0.341 e. The van der Waals surface area contributed by atoms with E-state index in [-0.39, 0.29) is 42.0 Å². The topological polar surface area (TPSA) is 87.9 Å². The number of hydrogen-bond donors (Lipinski definition) is 0. The Morgan fingerprint density at radius 3 is 2.34 bits per heavy atom. The Labute approximate surface area is 168 Å². The van der Waals surface area contributed by atoms with Gasteiger partial charge in [-0.25, -0.2) is 0 Å². The zero-order valence-electron chi connectivity index (χ0n) is 16.4. The average Bonchev–Trinajstić information content (AvgIpc) is 3.29. The van der Waals surface area contributed by atoms with Crippen LogP contribution in [-0.2, 0) is 14.4 Å². The van der Waals surface area contributed by atoms with E-state index >= 15 is 0 Å². The first-order valence-corrected chi connectivity index (χ1v) is 10.6. The Morgan fingerprint density at radius 1 is 0.966 bits per heavy atom. The second-order valence-electron chi connectivity index (χ2n) is 8.40. The first-order valence-electron chi connectivity index (χ1n) is 10.6. The monoisotopic (exact) mass is 395 g/mol. The number of carbonyl (C=O) groups is 3. The number of nitrogens with zero attached hydrogens (tertiary/aromatic N) is 5. The van der Waals surface area contributed by atoms with Crippen molar-refractivity contribution >= 4 is 23.4 Å². The number of rotatable bonds is 3. The molecule has 2 aliphatic heterocycles. The summed E-state index contributed by atoms with van der Waals surface area (Å²) in [7, 11) is 0. The third-order valence-electron chi connectivity index (χ3n) is 6.78. The van der Waals surface area contributed by atoms with E-state index in [0.29, 0.717) is 13.1 Å². The van der Waals surface area contributed by atoms with E-state index in [1.165, 1.54) is 4.90 Å². The summed E-state index contributed by atoms with van der Waals surface area (Å²) < 4.78 is 2.01. The minimum atomic E-state index is -0.198. The number of piperidine rings is 1. The zero-order chi connectivity index (χ0) is 20.0. The van der Waals surface area contributed by atoms with Gasteiger partial charge in [0.15, 0.2) is 5.65 Å². The molecule has 0 unspecified atom stereocenters. The number of hydrogen-bond acceptors (Lipinski definition) is 5. The molecule has 29 heavy (non-hydrogen) atoms. The van der Waals surface area contributed by atoms with E-state index in [2.05, 4.69) is 10.2 Å². The lowest BCUT2D eigenvalue weighted by atomic mass is 9.81. The van der Waals surface area contributed by atoms with Crippen molar-refractivity contribution in [2.45, 2.75) is 44.4 Å². The summed E-state index contributed by atoms with van der Waals surface area (Å²) in [5, 5.41) is 8.56. The van der Waals surface area contributed by atoms with E-state index in [0.717, 1.165) is 50.0 Å². The molecule has 5 rings (SSSR count). The number of pyridine rings is 1. The smallest absolute Gasteiger partial charge is 0.242 e. The fourth-order valence-electron chi connectivity index (χ4n) is 5.15. The van der Waals surface area contributed by atoms with Gasteiger partial charge in [-0.3, -0.25) is 23.7 Å². The van der Waals surface area contributed by atoms with Crippen LogP contribution in [0.15, 0.2) is 24.4 Å². The van der Waals surface area contributed by atoms with E-state index in [9.17, 15) is 14.4 Å². The summed E-state index contributed by atoms with van der Waals surface area (Å²) in [6.45, 7) is 1.10. The molecule has 0 aromatic carbocycles. The fourth-order valence-corrected chi connectivity index (χ4v) is 5.15. The lowest BCUT2D eigenvalue weighted by molar-refractivity contribution is -0.147. The molecule has 8 nitrogen and oxygen atoms in total. The molecule has 3 amide bonds. The Kier molecular flexibility index (Phi) is 4.56. The van der Waals surface area contributed by atoms with Gasteiger partial charge < -0.3 is 4.90 Å². The van der Waals surface area contributed by atoms with Crippen molar-refractivity contribution < 1.29 is 14.4 Å². The first-order chi connectivity index (χ1) is 14.1. The fraction of sp³-hybridized carbons (Fsp3) is 0.571. The van der Waals surface area contributed by atoms with Gasteiger partial charge in [-0.1, -0.05) is 18.9 Å². The Hall–Kier alpha value is -2.77. The minimum absolute atomic E-state index is 0.108. The highest BCUT2D eigenvalue weighted by Crippen LogP contribution is 2.38. The van der Waals surface area contributed by atoms with Crippen LogP contribution in [0.25, 0.3) is 5.65 Å². The Balaban J connectivity index is 1.21. The lowest BCUT2D eigenvalue weighted by Crippen LogP contribution is -2.45. The van der Waals surface area contributed by atoms with Crippen LogP contribution >= 0.6 is 0 Å². The summed E-state index contributed by atoms with van der Waals surface area (Å²) in [6.07, 6.45) is 7.10. The van der Waals surface area contributed by atoms with Gasteiger partial charge in [0.05, 0.1) is 11.8 Å². The number of fused-ring (bicyclic) bond motifs is 2. The van der Waals surface area contributed by atoms with Gasteiger partial charge in [-0.2, -0.15) is 0 Å². The highest BCUT2D eigenvalue weighted by Gasteiger charge is 2.48. The molecule has 2 atom stereocenters. The Bertz CT molecular complexity index is 938. The number of imide groups is 1. The second-order valence-corrected chi connectivity index (χ2v) is 8.40. The molecule has 4 heterocycles.